The van der Waals surface area contributed by atoms with Crippen molar-refractivity contribution in [2.75, 3.05) is 18.4 Å². The SMILES string of the molecule is CC(C)[C@H](NC(=O)CCCCCN1C(=O)CCC1=O)C(=O)N[C@@H](CCCNC(N)=O)C(=O)Nc1ccc(COC(=O)C(C)(C)C)cc1. The molecule has 6 N–H and O–H groups in total. The van der Waals surface area contributed by atoms with E-state index in [0.717, 1.165) is 5.56 Å². The average Bonchev–Trinajstić information content (AvgIpc) is 3.32. The van der Waals surface area contributed by atoms with Crippen LogP contribution in [-0.2, 0) is 40.1 Å². The molecule has 0 radical (unpaired) electrons. The molecule has 7 amide bonds. The van der Waals surface area contributed by atoms with Gasteiger partial charge in [-0.15, -0.1) is 0 Å². The smallest absolute Gasteiger partial charge is 0.312 e. The molecule has 1 aromatic carbocycles. The minimum Gasteiger partial charge on any atom is -0.460 e. The van der Waals surface area contributed by atoms with Gasteiger partial charge in [-0.1, -0.05) is 32.4 Å². The van der Waals surface area contributed by atoms with E-state index in [1.165, 1.54) is 4.90 Å². The Kier molecular flexibility index (Phi) is 15.3. The summed E-state index contributed by atoms with van der Waals surface area (Å²) in [5.74, 6) is -2.29. The average molecular weight is 659 g/mol. The number of likely N-dealkylation sites (tertiary alicyclic amines) is 1. The van der Waals surface area contributed by atoms with Gasteiger partial charge in [0.25, 0.3) is 0 Å². The molecule has 14 nitrogen and oxygen atoms in total. The van der Waals surface area contributed by atoms with Crippen molar-refractivity contribution in [3.8, 4) is 0 Å². The summed E-state index contributed by atoms with van der Waals surface area (Å²) in [6.07, 6.45) is 2.92. The summed E-state index contributed by atoms with van der Waals surface area (Å²) >= 11 is 0. The Labute approximate surface area is 276 Å². The second-order valence-electron chi connectivity index (χ2n) is 13.0. The number of urea groups is 1. The van der Waals surface area contributed by atoms with Crippen LogP contribution in [-0.4, -0.2) is 71.6 Å². The largest absolute Gasteiger partial charge is 0.460 e. The van der Waals surface area contributed by atoms with Crippen molar-refractivity contribution in [3.63, 3.8) is 0 Å². The Hall–Kier alpha value is -4.49. The molecule has 1 aliphatic heterocycles. The molecule has 0 bridgehead atoms. The van der Waals surface area contributed by atoms with E-state index in [2.05, 4.69) is 21.3 Å². The van der Waals surface area contributed by atoms with E-state index in [4.69, 9.17) is 10.5 Å². The van der Waals surface area contributed by atoms with Crippen LogP contribution in [0.2, 0.25) is 0 Å². The Balaban J connectivity index is 1.95. The van der Waals surface area contributed by atoms with Gasteiger partial charge in [0.1, 0.15) is 18.7 Å². The van der Waals surface area contributed by atoms with Crippen molar-refractivity contribution in [2.45, 2.75) is 105 Å². The normalized spacial score (nSPS) is 14.4. The lowest BCUT2D eigenvalue weighted by atomic mass is 9.97. The van der Waals surface area contributed by atoms with Gasteiger partial charge in [-0.05, 0) is 70.1 Å². The number of rotatable bonds is 18. The van der Waals surface area contributed by atoms with Crippen molar-refractivity contribution >= 4 is 47.2 Å². The monoisotopic (exact) mass is 658 g/mol. The van der Waals surface area contributed by atoms with Gasteiger partial charge in [-0.25, -0.2) is 4.79 Å². The minimum atomic E-state index is -0.987. The lowest BCUT2D eigenvalue weighted by Crippen LogP contribution is -2.54. The van der Waals surface area contributed by atoms with Gasteiger partial charge < -0.3 is 31.7 Å². The molecule has 0 aliphatic carbocycles. The zero-order valence-corrected chi connectivity index (χ0v) is 28.1. The van der Waals surface area contributed by atoms with Gasteiger partial charge >= 0.3 is 12.0 Å². The first-order valence-electron chi connectivity index (χ1n) is 16.1. The Bertz CT molecular complexity index is 1260. The first kappa shape index (κ1) is 38.7. The molecular formula is C33H50N6O8. The van der Waals surface area contributed by atoms with E-state index >= 15 is 0 Å². The molecule has 2 rings (SSSR count). The number of carbonyl (C=O) groups excluding carboxylic acids is 7. The fourth-order valence-electron chi connectivity index (χ4n) is 4.71. The predicted molar refractivity (Wildman–Crippen MR) is 174 cm³/mol. The number of esters is 1. The molecule has 1 fully saturated rings. The summed E-state index contributed by atoms with van der Waals surface area (Å²) in [5, 5.41) is 10.8. The van der Waals surface area contributed by atoms with E-state index in [1.807, 2.05) is 0 Å². The highest BCUT2D eigenvalue weighted by Crippen LogP contribution is 2.18. The van der Waals surface area contributed by atoms with Crippen molar-refractivity contribution in [1.29, 1.82) is 0 Å². The number of amides is 7. The van der Waals surface area contributed by atoms with Crippen molar-refractivity contribution in [1.82, 2.24) is 20.9 Å². The maximum atomic E-state index is 13.3. The van der Waals surface area contributed by atoms with Gasteiger partial charge in [-0.2, -0.15) is 0 Å². The van der Waals surface area contributed by atoms with Crippen molar-refractivity contribution in [3.05, 3.63) is 29.8 Å². The highest BCUT2D eigenvalue weighted by molar-refractivity contribution is 6.02. The topological polar surface area (TPSA) is 206 Å². The third kappa shape index (κ3) is 13.8. The van der Waals surface area contributed by atoms with Crippen LogP contribution >= 0.6 is 0 Å². The summed E-state index contributed by atoms with van der Waals surface area (Å²) in [6.45, 7) is 9.46. The molecule has 1 heterocycles. The molecule has 0 saturated carbocycles. The molecule has 14 heteroatoms. The molecule has 0 aromatic heterocycles. The summed E-state index contributed by atoms with van der Waals surface area (Å²) in [4.78, 5) is 87.2. The standard InChI is InChI=1S/C33H50N6O8/c1-21(2)28(38-25(40)11-7-6-8-19-39-26(41)16-17-27(39)42)30(44)37-24(10-9-18-35-32(34)46)29(43)36-23-14-12-22(13-15-23)20-47-31(45)33(3,4)5/h12-15,21,24,28H,6-11,16-20H2,1-5H3,(H,36,43)(H,37,44)(H,38,40)(H3,34,35,46)/t24-,28-/m0/s1. The first-order chi connectivity index (χ1) is 22.1. The zero-order valence-electron chi connectivity index (χ0n) is 28.1. The Morgan fingerprint density at radius 3 is 2.11 bits per heavy atom. The van der Waals surface area contributed by atoms with Crippen LogP contribution in [0.25, 0.3) is 0 Å². The summed E-state index contributed by atoms with van der Waals surface area (Å²) < 4.78 is 5.33. The Morgan fingerprint density at radius 1 is 0.894 bits per heavy atom. The van der Waals surface area contributed by atoms with Crippen LogP contribution in [0.4, 0.5) is 10.5 Å². The number of carbonyl (C=O) groups is 7. The number of nitrogens with one attached hydrogen (secondary N) is 4. The van der Waals surface area contributed by atoms with Gasteiger partial charge in [0.05, 0.1) is 5.41 Å². The number of benzene rings is 1. The number of ether oxygens (including phenoxy) is 1. The van der Waals surface area contributed by atoms with Gasteiger partial charge in [0.2, 0.25) is 29.5 Å². The van der Waals surface area contributed by atoms with Crippen LogP contribution in [0.5, 0.6) is 0 Å². The zero-order chi connectivity index (χ0) is 35.1. The second-order valence-corrected chi connectivity index (χ2v) is 13.0. The highest BCUT2D eigenvalue weighted by Gasteiger charge is 2.30. The van der Waals surface area contributed by atoms with Crippen LogP contribution in [0, 0.1) is 11.3 Å². The van der Waals surface area contributed by atoms with Crippen molar-refractivity contribution < 1.29 is 38.3 Å². The first-order valence-corrected chi connectivity index (χ1v) is 16.1. The second kappa shape index (κ2) is 18.6. The number of nitrogens with two attached hydrogens (primary N) is 1. The highest BCUT2D eigenvalue weighted by atomic mass is 16.5. The van der Waals surface area contributed by atoms with Crippen LogP contribution in [0.15, 0.2) is 24.3 Å². The number of anilines is 1. The lowest BCUT2D eigenvalue weighted by molar-refractivity contribution is -0.154. The number of hydrogen-bond acceptors (Lipinski definition) is 8. The lowest BCUT2D eigenvalue weighted by Gasteiger charge is -2.25. The molecule has 260 valence electrons. The van der Waals surface area contributed by atoms with Gasteiger partial charge in [-0.3, -0.25) is 33.7 Å². The number of imide groups is 1. The number of primary amides is 1. The molecule has 1 aliphatic rings. The van der Waals surface area contributed by atoms with E-state index in [1.54, 1.807) is 58.9 Å². The third-order valence-corrected chi connectivity index (χ3v) is 7.51. The molecule has 0 unspecified atom stereocenters. The quantitative estimate of drug-likeness (QED) is 0.0898. The minimum absolute atomic E-state index is 0.0821. The maximum absolute atomic E-state index is 13.3. The van der Waals surface area contributed by atoms with E-state index in [9.17, 15) is 33.6 Å². The fraction of sp³-hybridized carbons (Fsp3) is 0.606. The van der Waals surface area contributed by atoms with Crippen molar-refractivity contribution in [2.24, 2.45) is 17.1 Å². The molecular weight excluding hydrogens is 608 g/mol. The number of nitrogens with zero attached hydrogens (tertiary/aromatic N) is 1. The summed E-state index contributed by atoms with van der Waals surface area (Å²) in [6, 6.07) is 4.14. The maximum Gasteiger partial charge on any atom is 0.312 e. The fourth-order valence-corrected chi connectivity index (χ4v) is 4.71. The van der Waals surface area contributed by atoms with Crippen LogP contribution < -0.4 is 27.0 Å². The van der Waals surface area contributed by atoms with E-state index in [-0.39, 0.29) is 68.4 Å². The van der Waals surface area contributed by atoms with E-state index < -0.39 is 35.3 Å². The number of hydrogen-bond donors (Lipinski definition) is 5. The summed E-state index contributed by atoms with van der Waals surface area (Å²) in [7, 11) is 0. The number of unbranched alkanes of at least 4 members (excludes halogenated alkanes) is 2. The molecule has 1 aromatic rings. The van der Waals surface area contributed by atoms with Gasteiger partial charge in [0.15, 0.2) is 0 Å². The van der Waals surface area contributed by atoms with Gasteiger partial charge in [0, 0.05) is 38.0 Å². The molecule has 1 saturated heterocycles. The predicted octanol–water partition coefficient (Wildman–Crippen LogP) is 2.50. The molecule has 47 heavy (non-hydrogen) atoms. The van der Waals surface area contributed by atoms with E-state index in [0.29, 0.717) is 37.9 Å². The third-order valence-electron chi connectivity index (χ3n) is 7.51. The van der Waals surface area contributed by atoms with Crippen LogP contribution in [0.3, 0.4) is 0 Å². The van der Waals surface area contributed by atoms with Crippen LogP contribution in [0.1, 0.15) is 91.5 Å². The molecule has 0 spiro atoms. The Morgan fingerprint density at radius 2 is 1.53 bits per heavy atom. The molecule has 2 atom stereocenters. The summed E-state index contributed by atoms with van der Waals surface area (Å²) in [5.41, 5.74) is 5.70.